The Bertz CT molecular complexity index is 573. The maximum atomic E-state index is 4.71. The van der Waals surface area contributed by atoms with Crippen molar-refractivity contribution in [2.75, 3.05) is 12.3 Å². The summed E-state index contributed by atoms with van der Waals surface area (Å²) in [4.78, 5) is 7.06. The fourth-order valence-electron chi connectivity index (χ4n) is 2.31. The van der Waals surface area contributed by atoms with Gasteiger partial charge in [-0.3, -0.25) is 4.99 Å². The van der Waals surface area contributed by atoms with Crippen LogP contribution in [-0.2, 0) is 13.1 Å². The van der Waals surface area contributed by atoms with Gasteiger partial charge >= 0.3 is 0 Å². The van der Waals surface area contributed by atoms with Crippen LogP contribution in [0.2, 0.25) is 0 Å². The minimum Gasteiger partial charge on any atom is -0.343 e. The number of benzene rings is 2. The lowest BCUT2D eigenvalue weighted by Gasteiger charge is -2.26. The number of amidine groups is 1. The number of thioether (sulfide) groups is 1. The molecule has 0 aromatic heterocycles. The van der Waals surface area contributed by atoms with Crippen molar-refractivity contribution in [2.45, 2.75) is 20.0 Å². The van der Waals surface area contributed by atoms with Gasteiger partial charge in [-0.2, -0.15) is 0 Å². The van der Waals surface area contributed by atoms with E-state index in [2.05, 4.69) is 79.1 Å². The molecule has 0 saturated carbocycles. The molecule has 0 aliphatic heterocycles. The van der Waals surface area contributed by atoms with Crippen molar-refractivity contribution in [1.29, 1.82) is 0 Å². The molecule has 0 aliphatic carbocycles. The highest BCUT2D eigenvalue weighted by molar-refractivity contribution is 14.0. The molecular weight excluding hydrogens is 427 g/mol. The molecule has 128 valence electrons. The molecule has 0 spiro atoms. The van der Waals surface area contributed by atoms with E-state index >= 15 is 0 Å². The lowest BCUT2D eigenvalue weighted by molar-refractivity contribution is 0.414. The largest absolute Gasteiger partial charge is 0.343 e. The first-order valence-corrected chi connectivity index (χ1v) is 8.93. The molecule has 24 heavy (non-hydrogen) atoms. The summed E-state index contributed by atoms with van der Waals surface area (Å²) in [6.45, 7) is 8.32. The maximum Gasteiger partial charge on any atom is 0.160 e. The van der Waals surface area contributed by atoms with Gasteiger partial charge in [-0.05, 0) is 16.9 Å². The molecule has 0 bridgehead atoms. The summed E-state index contributed by atoms with van der Waals surface area (Å²) in [7, 11) is 0. The van der Waals surface area contributed by atoms with Crippen molar-refractivity contribution in [2.24, 2.45) is 4.99 Å². The lowest BCUT2D eigenvalue weighted by Crippen LogP contribution is -2.28. The Hall–Kier alpha value is -1.27. The highest BCUT2D eigenvalue weighted by Crippen LogP contribution is 2.17. The average Bonchev–Trinajstić information content (AvgIpc) is 2.60. The number of halogens is 1. The fourth-order valence-corrected chi connectivity index (χ4v) is 3.04. The number of hydrogen-bond acceptors (Lipinski definition) is 2. The zero-order valence-corrected chi connectivity index (χ0v) is 17.2. The molecule has 0 heterocycles. The first kappa shape index (κ1) is 20.8. The Labute approximate surface area is 167 Å². The standard InChI is InChI=1S/C20H24N2S.HI/c1-3-15-21-20(23-4-2)22(16-18-11-7-5-8-12-18)17-19-13-9-6-10-14-19;/h3,5-14H,1,4,15-17H2,2H3;1H. The zero-order chi connectivity index (χ0) is 16.3. The minimum absolute atomic E-state index is 0. The van der Waals surface area contributed by atoms with Crippen LogP contribution in [0.5, 0.6) is 0 Å². The van der Waals surface area contributed by atoms with Gasteiger partial charge in [-0.1, -0.05) is 85.4 Å². The summed E-state index contributed by atoms with van der Waals surface area (Å²) in [5.74, 6) is 1.01. The van der Waals surface area contributed by atoms with Crippen LogP contribution in [0.25, 0.3) is 0 Å². The topological polar surface area (TPSA) is 15.6 Å². The first-order chi connectivity index (χ1) is 11.3. The molecule has 2 rings (SSSR count). The van der Waals surface area contributed by atoms with Crippen molar-refractivity contribution in [3.8, 4) is 0 Å². The van der Waals surface area contributed by atoms with Crippen LogP contribution in [-0.4, -0.2) is 22.4 Å². The summed E-state index contributed by atoms with van der Waals surface area (Å²) < 4.78 is 0. The summed E-state index contributed by atoms with van der Waals surface area (Å²) in [5.41, 5.74) is 2.60. The predicted molar refractivity (Wildman–Crippen MR) is 118 cm³/mol. The fraction of sp³-hybridized carbons (Fsp3) is 0.250. The van der Waals surface area contributed by atoms with E-state index in [0.29, 0.717) is 6.54 Å². The van der Waals surface area contributed by atoms with Crippen LogP contribution in [0.3, 0.4) is 0 Å². The van der Waals surface area contributed by atoms with Gasteiger partial charge in [0.1, 0.15) is 0 Å². The number of nitrogens with zero attached hydrogens (tertiary/aromatic N) is 2. The van der Waals surface area contributed by atoms with Crippen LogP contribution in [0.1, 0.15) is 18.1 Å². The second kappa shape index (κ2) is 12.1. The SMILES string of the molecule is C=CCN=C(SCC)N(Cc1ccccc1)Cc1ccccc1.I. The molecule has 0 radical (unpaired) electrons. The van der Waals surface area contributed by atoms with Gasteiger partial charge in [-0.25, -0.2) is 0 Å². The molecule has 0 saturated heterocycles. The monoisotopic (exact) mass is 452 g/mol. The van der Waals surface area contributed by atoms with E-state index in [9.17, 15) is 0 Å². The number of rotatable bonds is 7. The van der Waals surface area contributed by atoms with E-state index in [1.54, 1.807) is 11.8 Å². The van der Waals surface area contributed by atoms with Crippen LogP contribution >= 0.6 is 35.7 Å². The minimum atomic E-state index is 0. The summed E-state index contributed by atoms with van der Waals surface area (Å²) in [6, 6.07) is 21.1. The average molecular weight is 452 g/mol. The number of aliphatic imine (C=N–C) groups is 1. The zero-order valence-electron chi connectivity index (χ0n) is 14.1. The third kappa shape index (κ3) is 7.09. The van der Waals surface area contributed by atoms with E-state index < -0.39 is 0 Å². The normalized spacial score (nSPS) is 10.8. The molecule has 0 unspecified atom stereocenters. The third-order valence-corrected chi connectivity index (χ3v) is 4.27. The quantitative estimate of drug-likeness (QED) is 0.235. The van der Waals surface area contributed by atoms with Gasteiger partial charge in [0.05, 0.1) is 6.54 Å². The van der Waals surface area contributed by atoms with E-state index in [1.807, 2.05) is 6.08 Å². The van der Waals surface area contributed by atoms with Crippen molar-refractivity contribution in [3.05, 3.63) is 84.4 Å². The molecule has 0 aliphatic rings. The van der Waals surface area contributed by atoms with Crippen LogP contribution < -0.4 is 0 Å². The molecule has 4 heteroatoms. The van der Waals surface area contributed by atoms with Gasteiger partial charge in [0.2, 0.25) is 0 Å². The van der Waals surface area contributed by atoms with Crippen molar-refractivity contribution >= 4 is 40.9 Å². The molecule has 0 N–H and O–H groups in total. The molecule has 0 amide bonds. The van der Waals surface area contributed by atoms with Crippen LogP contribution in [0, 0.1) is 0 Å². The summed E-state index contributed by atoms with van der Waals surface area (Å²) >= 11 is 1.79. The Morgan fingerprint density at radius 2 is 1.50 bits per heavy atom. The molecule has 2 aromatic rings. The predicted octanol–water partition coefficient (Wildman–Crippen LogP) is 5.60. The Morgan fingerprint density at radius 1 is 1.00 bits per heavy atom. The van der Waals surface area contributed by atoms with E-state index in [0.717, 1.165) is 24.0 Å². The van der Waals surface area contributed by atoms with Crippen LogP contribution in [0.15, 0.2) is 78.3 Å². The lowest BCUT2D eigenvalue weighted by atomic mass is 10.2. The maximum absolute atomic E-state index is 4.71. The Balaban J connectivity index is 0.00000288. The highest BCUT2D eigenvalue weighted by atomic mass is 127. The van der Waals surface area contributed by atoms with E-state index in [-0.39, 0.29) is 24.0 Å². The Morgan fingerprint density at radius 3 is 1.92 bits per heavy atom. The van der Waals surface area contributed by atoms with Crippen molar-refractivity contribution < 1.29 is 0 Å². The van der Waals surface area contributed by atoms with Gasteiger partial charge < -0.3 is 4.90 Å². The second-order valence-corrected chi connectivity index (χ2v) is 6.40. The second-order valence-electron chi connectivity index (χ2n) is 5.17. The summed E-state index contributed by atoms with van der Waals surface area (Å²) in [6.07, 6.45) is 1.85. The van der Waals surface area contributed by atoms with Gasteiger partial charge in [0, 0.05) is 13.1 Å². The van der Waals surface area contributed by atoms with E-state index in [4.69, 9.17) is 4.99 Å². The molecule has 2 nitrogen and oxygen atoms in total. The van der Waals surface area contributed by atoms with Gasteiger partial charge in [-0.15, -0.1) is 30.6 Å². The molecular formula is C20H25IN2S. The summed E-state index contributed by atoms with van der Waals surface area (Å²) in [5, 5.41) is 1.08. The molecule has 2 aromatic carbocycles. The smallest absolute Gasteiger partial charge is 0.160 e. The highest BCUT2D eigenvalue weighted by Gasteiger charge is 2.12. The van der Waals surface area contributed by atoms with Crippen molar-refractivity contribution in [3.63, 3.8) is 0 Å². The van der Waals surface area contributed by atoms with Gasteiger partial charge in [0.15, 0.2) is 5.17 Å². The van der Waals surface area contributed by atoms with Gasteiger partial charge in [0.25, 0.3) is 0 Å². The number of hydrogen-bond donors (Lipinski definition) is 0. The molecule has 0 fully saturated rings. The van der Waals surface area contributed by atoms with Crippen LogP contribution in [0.4, 0.5) is 0 Å². The molecule has 0 atom stereocenters. The third-order valence-electron chi connectivity index (χ3n) is 3.33. The Kier molecular flexibility index (Phi) is 10.5. The first-order valence-electron chi connectivity index (χ1n) is 7.94. The van der Waals surface area contributed by atoms with E-state index in [1.165, 1.54) is 11.1 Å². The van der Waals surface area contributed by atoms with Crippen molar-refractivity contribution in [1.82, 2.24) is 4.90 Å².